The van der Waals surface area contributed by atoms with Crippen LogP contribution in [0.4, 0.5) is 0 Å². The number of thiazole rings is 1. The van der Waals surface area contributed by atoms with E-state index in [1.165, 1.54) is 4.70 Å². The van der Waals surface area contributed by atoms with Crippen molar-refractivity contribution >= 4 is 27.5 Å². The maximum absolute atomic E-state index is 13.2. The molecule has 0 spiro atoms. The average Bonchev–Trinajstić information content (AvgIpc) is 3.36. The van der Waals surface area contributed by atoms with Crippen LogP contribution >= 0.6 is 11.3 Å². The lowest BCUT2D eigenvalue weighted by molar-refractivity contribution is 0.0728. The highest BCUT2D eigenvalue weighted by molar-refractivity contribution is 7.18. The second-order valence-corrected chi connectivity index (χ2v) is 8.01. The Balaban J connectivity index is 1.44. The van der Waals surface area contributed by atoms with Gasteiger partial charge in [-0.3, -0.25) is 9.48 Å². The molecule has 2 aliphatic rings. The van der Waals surface area contributed by atoms with Crippen molar-refractivity contribution < 1.29 is 4.79 Å². The first-order valence-corrected chi connectivity index (χ1v) is 10.0. The van der Waals surface area contributed by atoms with Gasteiger partial charge in [-0.2, -0.15) is 5.10 Å². The summed E-state index contributed by atoms with van der Waals surface area (Å²) in [4.78, 5) is 19.9. The number of rotatable bonds is 2. The van der Waals surface area contributed by atoms with Gasteiger partial charge in [-0.25, -0.2) is 4.98 Å². The lowest BCUT2D eigenvalue weighted by Gasteiger charge is -2.22. The number of benzene rings is 1. The molecule has 1 amide bonds. The number of para-hydroxylation sites is 1. The summed E-state index contributed by atoms with van der Waals surface area (Å²) < 4.78 is 3.16. The van der Waals surface area contributed by atoms with Crippen molar-refractivity contribution in [1.82, 2.24) is 25.0 Å². The van der Waals surface area contributed by atoms with Gasteiger partial charge in [0.15, 0.2) is 5.69 Å². The van der Waals surface area contributed by atoms with Gasteiger partial charge in [0.25, 0.3) is 5.91 Å². The molecule has 0 aliphatic carbocycles. The molecule has 0 radical (unpaired) electrons. The van der Waals surface area contributed by atoms with Crippen LogP contribution in [0.1, 0.15) is 46.5 Å². The van der Waals surface area contributed by atoms with Crippen molar-refractivity contribution in [2.45, 2.75) is 38.4 Å². The number of likely N-dealkylation sites (tertiary alicyclic amines) is 1. The lowest BCUT2D eigenvalue weighted by Crippen LogP contribution is -2.31. The van der Waals surface area contributed by atoms with Gasteiger partial charge in [0.05, 0.1) is 22.0 Å². The highest BCUT2D eigenvalue weighted by Gasteiger charge is 2.34. The summed E-state index contributed by atoms with van der Waals surface area (Å²) in [6.07, 6.45) is 3.03. The first-order chi connectivity index (χ1) is 12.8. The molecule has 0 saturated carbocycles. The van der Waals surface area contributed by atoms with E-state index in [1.807, 2.05) is 33.8 Å². The number of hydrogen-bond acceptors (Lipinski definition) is 5. The van der Waals surface area contributed by atoms with Crippen LogP contribution in [-0.2, 0) is 13.1 Å². The first-order valence-electron chi connectivity index (χ1n) is 9.23. The quantitative estimate of drug-likeness (QED) is 0.756. The third-order valence-corrected chi connectivity index (χ3v) is 6.36. The molecule has 1 atom stereocenters. The van der Waals surface area contributed by atoms with E-state index in [-0.39, 0.29) is 11.9 Å². The molecule has 7 heteroatoms. The number of hydrogen-bond donors (Lipinski definition) is 1. The molecular weight excluding hydrogens is 346 g/mol. The summed E-state index contributed by atoms with van der Waals surface area (Å²) in [5.41, 5.74) is 2.69. The maximum Gasteiger partial charge on any atom is 0.274 e. The van der Waals surface area contributed by atoms with E-state index in [9.17, 15) is 4.79 Å². The largest absolute Gasteiger partial charge is 0.328 e. The van der Waals surface area contributed by atoms with E-state index in [1.54, 1.807) is 11.3 Å². The van der Waals surface area contributed by atoms with Crippen molar-refractivity contribution in [3.05, 3.63) is 46.7 Å². The third-order valence-electron chi connectivity index (χ3n) is 5.22. The van der Waals surface area contributed by atoms with Crippen LogP contribution in [0.15, 0.2) is 30.3 Å². The van der Waals surface area contributed by atoms with Crippen LogP contribution in [0.25, 0.3) is 10.2 Å². The fourth-order valence-corrected chi connectivity index (χ4v) is 5.03. The van der Waals surface area contributed by atoms with Crippen LogP contribution < -0.4 is 5.32 Å². The van der Waals surface area contributed by atoms with Gasteiger partial charge in [-0.15, -0.1) is 11.3 Å². The van der Waals surface area contributed by atoms with Gasteiger partial charge >= 0.3 is 0 Å². The molecule has 2 aromatic heterocycles. The monoisotopic (exact) mass is 367 g/mol. The average molecular weight is 367 g/mol. The first kappa shape index (κ1) is 16.0. The zero-order chi connectivity index (χ0) is 17.5. The van der Waals surface area contributed by atoms with Gasteiger partial charge < -0.3 is 10.2 Å². The Hall–Kier alpha value is -2.25. The summed E-state index contributed by atoms with van der Waals surface area (Å²) in [5.74, 6) is 0.0346. The van der Waals surface area contributed by atoms with E-state index >= 15 is 0 Å². The summed E-state index contributed by atoms with van der Waals surface area (Å²) in [6.45, 7) is 3.43. The van der Waals surface area contributed by atoms with Crippen LogP contribution in [0, 0.1) is 0 Å². The molecular formula is C19H21N5OS. The standard InChI is InChI=1S/C19H21N5OS/c25-19(15-11-13-12-20-8-4-10-24(13)22-15)23-9-3-6-16(23)18-21-14-5-1-2-7-17(14)26-18/h1-2,5,7,11,16,20H,3-4,6,8-10,12H2/t16-/m1/s1. The molecule has 134 valence electrons. The fourth-order valence-electron chi connectivity index (χ4n) is 3.91. The van der Waals surface area contributed by atoms with E-state index in [4.69, 9.17) is 4.98 Å². The highest BCUT2D eigenvalue weighted by Crippen LogP contribution is 2.37. The molecule has 1 saturated heterocycles. The number of nitrogens with one attached hydrogen (secondary N) is 1. The van der Waals surface area contributed by atoms with Crippen LogP contribution in [-0.4, -0.2) is 38.7 Å². The number of aryl methyl sites for hydroxylation is 1. The second-order valence-electron chi connectivity index (χ2n) is 6.95. The molecule has 0 bridgehead atoms. The van der Waals surface area contributed by atoms with Crippen molar-refractivity contribution in [2.75, 3.05) is 13.1 Å². The highest BCUT2D eigenvalue weighted by atomic mass is 32.1. The number of aromatic nitrogens is 3. The van der Waals surface area contributed by atoms with Gasteiger partial charge in [0.2, 0.25) is 0 Å². The van der Waals surface area contributed by atoms with E-state index in [0.717, 1.165) is 61.7 Å². The minimum Gasteiger partial charge on any atom is -0.328 e. The van der Waals surface area contributed by atoms with Crippen molar-refractivity contribution in [3.8, 4) is 0 Å². The van der Waals surface area contributed by atoms with Gasteiger partial charge in [0.1, 0.15) is 5.01 Å². The van der Waals surface area contributed by atoms with E-state index in [0.29, 0.717) is 5.69 Å². The number of fused-ring (bicyclic) bond motifs is 2. The predicted molar refractivity (Wildman–Crippen MR) is 101 cm³/mol. The van der Waals surface area contributed by atoms with Crippen LogP contribution in [0.3, 0.4) is 0 Å². The maximum atomic E-state index is 13.2. The number of carbonyl (C=O) groups is 1. The Morgan fingerprint density at radius 2 is 2.15 bits per heavy atom. The molecule has 1 N–H and O–H groups in total. The number of carbonyl (C=O) groups excluding carboxylic acids is 1. The second kappa shape index (κ2) is 6.48. The normalized spacial score (nSPS) is 20.3. The molecule has 1 fully saturated rings. The van der Waals surface area contributed by atoms with Crippen LogP contribution in [0.2, 0.25) is 0 Å². The summed E-state index contributed by atoms with van der Waals surface area (Å²) in [5, 5.41) is 9.02. The molecule has 5 rings (SSSR count). The molecule has 3 aromatic rings. The molecule has 26 heavy (non-hydrogen) atoms. The van der Waals surface area contributed by atoms with Crippen molar-refractivity contribution in [2.24, 2.45) is 0 Å². The van der Waals surface area contributed by atoms with Crippen molar-refractivity contribution in [1.29, 1.82) is 0 Å². The minimum atomic E-state index is 0.0346. The lowest BCUT2D eigenvalue weighted by atomic mass is 10.2. The Morgan fingerprint density at radius 1 is 1.23 bits per heavy atom. The zero-order valence-electron chi connectivity index (χ0n) is 14.5. The molecule has 6 nitrogen and oxygen atoms in total. The smallest absolute Gasteiger partial charge is 0.274 e. The Morgan fingerprint density at radius 3 is 3.08 bits per heavy atom. The topological polar surface area (TPSA) is 63.1 Å². The van der Waals surface area contributed by atoms with E-state index < -0.39 is 0 Å². The minimum absolute atomic E-state index is 0.0346. The third kappa shape index (κ3) is 2.71. The van der Waals surface area contributed by atoms with Gasteiger partial charge in [-0.05, 0) is 44.0 Å². The molecule has 1 aromatic carbocycles. The molecule has 4 heterocycles. The van der Waals surface area contributed by atoms with E-state index in [2.05, 4.69) is 16.5 Å². The van der Waals surface area contributed by atoms with Crippen molar-refractivity contribution in [3.63, 3.8) is 0 Å². The number of amides is 1. The summed E-state index contributed by atoms with van der Waals surface area (Å²) >= 11 is 1.70. The SMILES string of the molecule is O=C(c1cc2n(n1)CCCNC2)N1CCC[C@@H]1c1nc2ccccc2s1. The predicted octanol–water partition coefficient (Wildman–Crippen LogP) is 2.96. The Bertz CT molecular complexity index is 905. The molecule has 0 unspecified atom stereocenters. The number of nitrogens with zero attached hydrogens (tertiary/aromatic N) is 4. The van der Waals surface area contributed by atoms with Gasteiger partial charge in [0, 0.05) is 19.6 Å². The fraction of sp³-hybridized carbons (Fsp3) is 0.421. The Labute approximate surface area is 155 Å². The summed E-state index contributed by atoms with van der Waals surface area (Å²) in [6, 6.07) is 10.2. The van der Waals surface area contributed by atoms with Gasteiger partial charge in [-0.1, -0.05) is 12.1 Å². The summed E-state index contributed by atoms with van der Waals surface area (Å²) in [7, 11) is 0. The Kier molecular flexibility index (Phi) is 3.98. The molecule has 2 aliphatic heterocycles. The zero-order valence-corrected chi connectivity index (χ0v) is 15.3. The van der Waals surface area contributed by atoms with Crippen LogP contribution in [0.5, 0.6) is 0 Å².